The molecule has 1 unspecified atom stereocenters. The summed E-state index contributed by atoms with van der Waals surface area (Å²) in [7, 11) is 3.99. The summed E-state index contributed by atoms with van der Waals surface area (Å²) in [5.41, 5.74) is 0.427. The number of nitrogens with one attached hydrogen (secondary N) is 1. The fraction of sp³-hybridized carbons (Fsp3) is 0.571. The summed E-state index contributed by atoms with van der Waals surface area (Å²) < 4.78 is 0. The zero-order valence-corrected chi connectivity index (χ0v) is 12.7. The van der Waals surface area contributed by atoms with E-state index in [1.807, 2.05) is 14.1 Å². The van der Waals surface area contributed by atoms with E-state index in [1.165, 1.54) is 0 Å². The second-order valence-electron chi connectivity index (χ2n) is 5.40. The van der Waals surface area contributed by atoms with Gasteiger partial charge in [-0.05, 0) is 38.6 Å². The monoisotopic (exact) mass is 283 g/mol. The standard InChI is InChI=1S/C14H22ClN3O/c1-10(2)8-11(9-18(3)4)17-14(19)12-6-5-7-16-13(12)15/h5-7,10-11H,8-9H2,1-4H3,(H,17,19). The molecule has 5 heteroatoms. The Morgan fingerprint density at radius 1 is 1.47 bits per heavy atom. The number of amides is 1. The van der Waals surface area contributed by atoms with Gasteiger partial charge in [-0.1, -0.05) is 25.4 Å². The first-order valence-electron chi connectivity index (χ1n) is 6.46. The molecule has 0 saturated carbocycles. The van der Waals surface area contributed by atoms with Gasteiger partial charge in [0.1, 0.15) is 5.15 Å². The van der Waals surface area contributed by atoms with Gasteiger partial charge in [0, 0.05) is 18.8 Å². The van der Waals surface area contributed by atoms with Crippen LogP contribution in [0.15, 0.2) is 18.3 Å². The van der Waals surface area contributed by atoms with Gasteiger partial charge >= 0.3 is 0 Å². The Kier molecular flexibility index (Phi) is 6.25. The third-order valence-electron chi connectivity index (χ3n) is 2.68. The van der Waals surface area contributed by atoms with E-state index < -0.39 is 0 Å². The second kappa shape index (κ2) is 7.46. The van der Waals surface area contributed by atoms with Gasteiger partial charge in [0.25, 0.3) is 5.91 Å². The van der Waals surface area contributed by atoms with Crippen LogP contribution in [0, 0.1) is 5.92 Å². The van der Waals surface area contributed by atoms with Crippen LogP contribution in [0.3, 0.4) is 0 Å². The number of hydrogen-bond donors (Lipinski definition) is 1. The number of pyridine rings is 1. The van der Waals surface area contributed by atoms with Crippen molar-refractivity contribution in [3.8, 4) is 0 Å². The number of carbonyl (C=O) groups excluding carboxylic acids is 1. The van der Waals surface area contributed by atoms with Crippen LogP contribution in [-0.2, 0) is 0 Å². The summed E-state index contributed by atoms with van der Waals surface area (Å²) in [6, 6.07) is 3.51. The topological polar surface area (TPSA) is 45.2 Å². The molecule has 1 atom stereocenters. The van der Waals surface area contributed by atoms with E-state index in [2.05, 4.69) is 29.0 Å². The van der Waals surface area contributed by atoms with Gasteiger partial charge in [-0.25, -0.2) is 4.98 Å². The summed E-state index contributed by atoms with van der Waals surface area (Å²) in [5, 5.41) is 3.28. The van der Waals surface area contributed by atoms with Crippen molar-refractivity contribution < 1.29 is 4.79 Å². The molecule has 0 aliphatic heterocycles. The first-order chi connectivity index (χ1) is 8.90. The van der Waals surface area contributed by atoms with Crippen LogP contribution in [-0.4, -0.2) is 42.5 Å². The molecule has 1 rings (SSSR count). The fourth-order valence-corrected chi connectivity index (χ4v) is 2.21. The Labute approximate surface area is 120 Å². The lowest BCUT2D eigenvalue weighted by molar-refractivity contribution is 0.0924. The maximum atomic E-state index is 12.2. The third kappa shape index (κ3) is 5.57. The second-order valence-corrected chi connectivity index (χ2v) is 5.76. The Hall–Kier alpha value is -1.13. The minimum Gasteiger partial charge on any atom is -0.348 e. The van der Waals surface area contributed by atoms with Gasteiger partial charge in [0.05, 0.1) is 5.56 Å². The smallest absolute Gasteiger partial charge is 0.254 e. The average Bonchev–Trinajstić information content (AvgIpc) is 2.27. The van der Waals surface area contributed by atoms with Crippen LogP contribution < -0.4 is 5.32 Å². The zero-order chi connectivity index (χ0) is 14.4. The minimum absolute atomic E-state index is 0.110. The van der Waals surface area contributed by atoms with E-state index in [4.69, 9.17) is 11.6 Å². The summed E-state index contributed by atoms with van der Waals surface area (Å²) in [6.07, 6.45) is 2.51. The molecule has 106 valence electrons. The molecule has 0 aliphatic carbocycles. The van der Waals surface area contributed by atoms with Crippen molar-refractivity contribution in [3.63, 3.8) is 0 Å². The largest absolute Gasteiger partial charge is 0.348 e. The van der Waals surface area contributed by atoms with E-state index in [1.54, 1.807) is 18.3 Å². The summed E-state index contributed by atoms with van der Waals surface area (Å²) in [6.45, 7) is 5.10. The summed E-state index contributed by atoms with van der Waals surface area (Å²) in [4.78, 5) is 18.2. The van der Waals surface area contributed by atoms with Gasteiger partial charge in [0.15, 0.2) is 0 Å². The molecular formula is C14H22ClN3O. The SMILES string of the molecule is CC(C)CC(CN(C)C)NC(=O)c1cccnc1Cl. The molecule has 0 saturated heterocycles. The quantitative estimate of drug-likeness (QED) is 0.816. The van der Waals surface area contributed by atoms with Crippen molar-refractivity contribution in [2.75, 3.05) is 20.6 Å². The molecule has 0 aliphatic rings. The number of hydrogen-bond acceptors (Lipinski definition) is 3. The number of rotatable bonds is 6. The van der Waals surface area contributed by atoms with Crippen LogP contribution >= 0.6 is 11.6 Å². The number of carbonyl (C=O) groups is 1. The van der Waals surface area contributed by atoms with Gasteiger partial charge < -0.3 is 10.2 Å². The Morgan fingerprint density at radius 2 is 2.16 bits per heavy atom. The van der Waals surface area contributed by atoms with Crippen molar-refractivity contribution in [2.24, 2.45) is 5.92 Å². The lowest BCUT2D eigenvalue weighted by atomic mass is 10.0. The van der Waals surface area contributed by atoms with E-state index in [-0.39, 0.29) is 17.1 Å². The molecule has 1 amide bonds. The lowest BCUT2D eigenvalue weighted by Crippen LogP contribution is -2.42. The Bertz CT molecular complexity index is 411. The first kappa shape index (κ1) is 15.9. The molecule has 1 heterocycles. The molecule has 0 fully saturated rings. The number of aromatic nitrogens is 1. The summed E-state index contributed by atoms with van der Waals surface area (Å²) >= 11 is 5.93. The third-order valence-corrected chi connectivity index (χ3v) is 2.98. The first-order valence-corrected chi connectivity index (χ1v) is 6.84. The fourth-order valence-electron chi connectivity index (χ4n) is 2.01. The predicted octanol–water partition coefficient (Wildman–Crippen LogP) is 2.44. The molecule has 1 aromatic heterocycles. The highest BCUT2D eigenvalue weighted by molar-refractivity contribution is 6.32. The van der Waals surface area contributed by atoms with Crippen LogP contribution in [0.1, 0.15) is 30.6 Å². The molecular weight excluding hydrogens is 262 g/mol. The highest BCUT2D eigenvalue weighted by Gasteiger charge is 2.17. The minimum atomic E-state index is -0.161. The molecule has 1 N–H and O–H groups in total. The maximum Gasteiger partial charge on any atom is 0.254 e. The Balaban J connectivity index is 2.73. The summed E-state index contributed by atoms with van der Waals surface area (Å²) in [5.74, 6) is 0.361. The number of likely N-dealkylation sites (N-methyl/N-ethyl adjacent to an activating group) is 1. The number of nitrogens with zero attached hydrogens (tertiary/aromatic N) is 2. The predicted molar refractivity (Wildman–Crippen MR) is 78.5 cm³/mol. The van der Waals surface area contributed by atoms with Gasteiger partial charge in [-0.15, -0.1) is 0 Å². The highest BCUT2D eigenvalue weighted by Crippen LogP contribution is 2.13. The van der Waals surface area contributed by atoms with Crippen LogP contribution in [0.25, 0.3) is 0 Å². The van der Waals surface area contributed by atoms with Crippen molar-refractivity contribution in [2.45, 2.75) is 26.3 Å². The van der Waals surface area contributed by atoms with Gasteiger partial charge in [-0.3, -0.25) is 4.79 Å². The van der Waals surface area contributed by atoms with Crippen molar-refractivity contribution >= 4 is 17.5 Å². The maximum absolute atomic E-state index is 12.2. The van der Waals surface area contributed by atoms with Crippen molar-refractivity contribution in [3.05, 3.63) is 29.0 Å². The molecule has 1 aromatic rings. The molecule has 4 nitrogen and oxygen atoms in total. The van der Waals surface area contributed by atoms with Crippen LogP contribution in [0.4, 0.5) is 0 Å². The lowest BCUT2D eigenvalue weighted by Gasteiger charge is -2.24. The number of halogens is 1. The molecule has 0 radical (unpaired) electrons. The van der Waals surface area contributed by atoms with Crippen molar-refractivity contribution in [1.82, 2.24) is 15.2 Å². The molecule has 0 aromatic carbocycles. The van der Waals surface area contributed by atoms with Crippen LogP contribution in [0.2, 0.25) is 5.15 Å². The van der Waals surface area contributed by atoms with E-state index in [0.717, 1.165) is 13.0 Å². The Morgan fingerprint density at radius 3 is 2.68 bits per heavy atom. The molecule has 0 bridgehead atoms. The van der Waals surface area contributed by atoms with E-state index >= 15 is 0 Å². The molecule has 0 spiro atoms. The highest BCUT2D eigenvalue weighted by atomic mass is 35.5. The zero-order valence-electron chi connectivity index (χ0n) is 12.0. The molecule has 19 heavy (non-hydrogen) atoms. The van der Waals surface area contributed by atoms with E-state index in [9.17, 15) is 4.79 Å². The van der Waals surface area contributed by atoms with Gasteiger partial charge in [-0.2, -0.15) is 0 Å². The van der Waals surface area contributed by atoms with Crippen LogP contribution in [0.5, 0.6) is 0 Å². The normalized spacial score (nSPS) is 12.8. The average molecular weight is 284 g/mol. The van der Waals surface area contributed by atoms with Gasteiger partial charge in [0.2, 0.25) is 0 Å². The van der Waals surface area contributed by atoms with E-state index in [0.29, 0.717) is 11.5 Å². The van der Waals surface area contributed by atoms with Crippen molar-refractivity contribution in [1.29, 1.82) is 0 Å².